The van der Waals surface area contributed by atoms with Crippen LogP contribution < -0.4 is 5.73 Å². The van der Waals surface area contributed by atoms with Gasteiger partial charge in [-0.25, -0.2) is 13.8 Å². The van der Waals surface area contributed by atoms with E-state index in [4.69, 9.17) is 17.3 Å². The average molecular weight is 225 g/mol. The molecule has 0 aliphatic rings. The summed E-state index contributed by atoms with van der Waals surface area (Å²) in [6, 6.07) is 0.805. The molecule has 14 heavy (non-hydrogen) atoms. The summed E-state index contributed by atoms with van der Waals surface area (Å²) >= 11 is 4.97. The van der Waals surface area contributed by atoms with Crippen molar-refractivity contribution in [3.05, 3.63) is 23.3 Å². The van der Waals surface area contributed by atoms with E-state index in [0.29, 0.717) is 0 Å². The van der Waals surface area contributed by atoms with Gasteiger partial charge in [0, 0.05) is 5.69 Å². The third-order valence-electron chi connectivity index (χ3n) is 1.46. The lowest BCUT2D eigenvalue weighted by Crippen LogP contribution is -2.06. The highest BCUT2D eigenvalue weighted by Gasteiger charge is 2.20. The molecule has 0 saturated carbocycles. The molecular formula is C7H4ClF3N2O. The number of rotatable bonds is 2. The predicted molar refractivity (Wildman–Crippen MR) is 43.7 cm³/mol. The number of nitrogens with zero attached hydrogens (tertiary/aromatic N) is 1. The van der Waals surface area contributed by atoms with Crippen LogP contribution in [0, 0.1) is 5.95 Å². The van der Waals surface area contributed by atoms with Crippen LogP contribution in [0.15, 0.2) is 6.07 Å². The number of nitrogens with two attached hydrogens (primary N) is 1. The summed E-state index contributed by atoms with van der Waals surface area (Å²) in [7, 11) is 0. The van der Waals surface area contributed by atoms with Gasteiger partial charge in [-0.1, -0.05) is 0 Å². The Morgan fingerprint density at radius 3 is 2.50 bits per heavy atom. The molecule has 0 atom stereocenters. The quantitative estimate of drug-likeness (QED) is 0.618. The van der Waals surface area contributed by atoms with E-state index in [1.165, 1.54) is 0 Å². The molecule has 1 heterocycles. The smallest absolute Gasteiger partial charge is 0.271 e. The van der Waals surface area contributed by atoms with Crippen LogP contribution in [0.1, 0.15) is 22.5 Å². The molecule has 76 valence electrons. The van der Waals surface area contributed by atoms with Crippen molar-refractivity contribution in [3.63, 3.8) is 0 Å². The van der Waals surface area contributed by atoms with Crippen LogP contribution in [0.4, 0.5) is 18.9 Å². The number of hydrogen-bond acceptors (Lipinski definition) is 3. The third-order valence-corrected chi connectivity index (χ3v) is 1.66. The fourth-order valence-electron chi connectivity index (χ4n) is 0.859. The van der Waals surface area contributed by atoms with Crippen molar-refractivity contribution in [1.82, 2.24) is 4.98 Å². The van der Waals surface area contributed by atoms with Gasteiger partial charge in [0.15, 0.2) is 0 Å². The Labute approximate surface area is 81.7 Å². The molecule has 0 aromatic carbocycles. The lowest BCUT2D eigenvalue weighted by Gasteiger charge is -2.05. The number of pyridine rings is 1. The number of nitrogen functional groups attached to an aromatic ring is 1. The molecule has 0 unspecified atom stereocenters. The number of carbonyl (C=O) groups excluding carboxylic acids is 1. The van der Waals surface area contributed by atoms with Gasteiger partial charge in [-0.3, -0.25) is 4.79 Å². The molecule has 0 amide bonds. The Balaban J connectivity index is 3.32. The number of anilines is 1. The first kappa shape index (κ1) is 10.8. The van der Waals surface area contributed by atoms with Crippen molar-refractivity contribution in [2.45, 2.75) is 6.43 Å². The lowest BCUT2D eigenvalue weighted by atomic mass is 10.2. The van der Waals surface area contributed by atoms with Crippen molar-refractivity contribution in [2.24, 2.45) is 0 Å². The highest BCUT2D eigenvalue weighted by atomic mass is 35.5. The van der Waals surface area contributed by atoms with Crippen LogP contribution in [0.2, 0.25) is 0 Å². The maximum Gasteiger partial charge on any atom is 0.271 e. The van der Waals surface area contributed by atoms with Gasteiger partial charge in [0.1, 0.15) is 5.69 Å². The van der Waals surface area contributed by atoms with Crippen LogP contribution in [0.3, 0.4) is 0 Å². The Kier molecular flexibility index (Phi) is 2.95. The van der Waals surface area contributed by atoms with Crippen molar-refractivity contribution in [3.8, 4) is 0 Å². The maximum absolute atomic E-state index is 12.8. The number of halogens is 4. The van der Waals surface area contributed by atoms with Crippen LogP contribution >= 0.6 is 11.6 Å². The highest BCUT2D eigenvalue weighted by Crippen LogP contribution is 2.27. The minimum atomic E-state index is -3.08. The van der Waals surface area contributed by atoms with E-state index in [1.54, 1.807) is 0 Å². The Morgan fingerprint density at radius 2 is 2.14 bits per heavy atom. The molecule has 3 nitrogen and oxygen atoms in total. The van der Waals surface area contributed by atoms with Crippen molar-refractivity contribution in [1.29, 1.82) is 0 Å². The van der Waals surface area contributed by atoms with Gasteiger partial charge in [0.2, 0.25) is 5.95 Å². The largest absolute Gasteiger partial charge is 0.398 e. The zero-order chi connectivity index (χ0) is 10.9. The second-order valence-corrected chi connectivity index (χ2v) is 2.72. The van der Waals surface area contributed by atoms with Crippen LogP contribution in [0.25, 0.3) is 0 Å². The first-order chi connectivity index (χ1) is 6.43. The Morgan fingerprint density at radius 1 is 1.57 bits per heavy atom. The van der Waals surface area contributed by atoms with Gasteiger partial charge in [-0.05, 0) is 17.7 Å². The van der Waals surface area contributed by atoms with E-state index in [-0.39, 0.29) is 0 Å². The highest BCUT2D eigenvalue weighted by molar-refractivity contribution is 6.67. The summed E-state index contributed by atoms with van der Waals surface area (Å²) in [5, 5.41) is -1.06. The van der Waals surface area contributed by atoms with Crippen LogP contribution in [0.5, 0.6) is 0 Å². The Hall–Kier alpha value is -1.30. The molecule has 7 heteroatoms. The van der Waals surface area contributed by atoms with Crippen molar-refractivity contribution < 1.29 is 18.0 Å². The van der Waals surface area contributed by atoms with E-state index in [1.807, 2.05) is 0 Å². The maximum atomic E-state index is 12.8. The van der Waals surface area contributed by atoms with Crippen LogP contribution in [-0.4, -0.2) is 10.2 Å². The molecule has 1 aromatic heterocycles. The molecule has 0 bridgehead atoms. The minimum absolute atomic E-state index is 0.494. The second kappa shape index (κ2) is 3.83. The fraction of sp³-hybridized carbons (Fsp3) is 0.143. The van der Waals surface area contributed by atoms with Gasteiger partial charge < -0.3 is 5.73 Å². The third kappa shape index (κ3) is 1.95. The summed E-state index contributed by atoms with van der Waals surface area (Å²) < 4.78 is 37.1. The molecule has 0 saturated heterocycles. The number of carbonyl (C=O) groups is 1. The first-order valence-electron chi connectivity index (χ1n) is 3.37. The van der Waals surface area contributed by atoms with Gasteiger partial charge in [0.25, 0.3) is 11.7 Å². The average Bonchev–Trinajstić information content (AvgIpc) is 2.01. The molecule has 0 aliphatic carbocycles. The summed E-state index contributed by atoms with van der Waals surface area (Å²) in [5.41, 5.74) is 3.03. The predicted octanol–water partition coefficient (Wildman–Crippen LogP) is 2.12. The fourth-order valence-corrected chi connectivity index (χ4v) is 0.956. The number of alkyl halides is 2. The normalized spacial score (nSPS) is 10.6. The molecule has 0 radical (unpaired) electrons. The van der Waals surface area contributed by atoms with Gasteiger partial charge in [-0.15, -0.1) is 0 Å². The summed E-state index contributed by atoms with van der Waals surface area (Å²) in [6.45, 7) is 0. The van der Waals surface area contributed by atoms with E-state index in [0.717, 1.165) is 6.07 Å². The summed E-state index contributed by atoms with van der Waals surface area (Å²) in [5.74, 6) is -1.48. The number of hydrogen-bond donors (Lipinski definition) is 1. The Bertz CT molecular complexity index is 360. The standard InChI is InChI=1S/C7H4ClF3N2O/c8-5(14)3-1-2(12)4(6(9)10)7(11)13-3/h1,6H,(H2,12,13). The first-order valence-corrected chi connectivity index (χ1v) is 3.75. The molecule has 0 fully saturated rings. The van der Waals surface area contributed by atoms with Crippen molar-refractivity contribution in [2.75, 3.05) is 5.73 Å². The van der Waals surface area contributed by atoms with Gasteiger partial charge in [-0.2, -0.15) is 4.39 Å². The summed E-state index contributed by atoms with van der Waals surface area (Å²) in [6.07, 6.45) is -3.08. The zero-order valence-electron chi connectivity index (χ0n) is 6.60. The zero-order valence-corrected chi connectivity index (χ0v) is 7.36. The molecule has 2 N–H and O–H groups in total. The van der Waals surface area contributed by atoms with E-state index in [2.05, 4.69) is 4.98 Å². The number of aromatic nitrogens is 1. The molecule has 1 rings (SSSR count). The van der Waals surface area contributed by atoms with Crippen LogP contribution in [-0.2, 0) is 0 Å². The SMILES string of the molecule is Nc1cc(C(=O)Cl)nc(F)c1C(F)F. The monoisotopic (exact) mass is 224 g/mol. The van der Waals surface area contributed by atoms with Gasteiger partial charge in [0.05, 0.1) is 5.56 Å². The van der Waals surface area contributed by atoms with Crippen molar-refractivity contribution >= 4 is 22.5 Å². The molecule has 0 spiro atoms. The molecular weight excluding hydrogens is 221 g/mol. The summed E-state index contributed by atoms with van der Waals surface area (Å²) in [4.78, 5) is 13.5. The lowest BCUT2D eigenvalue weighted by molar-refractivity contribution is 0.107. The molecule has 1 aromatic rings. The van der Waals surface area contributed by atoms with E-state index in [9.17, 15) is 18.0 Å². The van der Waals surface area contributed by atoms with E-state index < -0.39 is 34.6 Å². The molecule has 0 aliphatic heterocycles. The van der Waals surface area contributed by atoms with E-state index >= 15 is 0 Å². The van der Waals surface area contributed by atoms with Gasteiger partial charge >= 0.3 is 0 Å². The minimum Gasteiger partial charge on any atom is -0.398 e. The second-order valence-electron chi connectivity index (χ2n) is 2.38. The topological polar surface area (TPSA) is 56.0 Å².